The molecule has 2 aromatic rings. The summed E-state index contributed by atoms with van der Waals surface area (Å²) in [5.41, 5.74) is 1.16. The molecule has 0 aliphatic rings. The molecule has 0 saturated heterocycles. The summed E-state index contributed by atoms with van der Waals surface area (Å²) in [7, 11) is 0. The Kier molecular flexibility index (Phi) is 3.29. The predicted molar refractivity (Wildman–Crippen MR) is 60.9 cm³/mol. The van der Waals surface area contributed by atoms with Crippen molar-refractivity contribution in [2.24, 2.45) is 0 Å². The molecule has 0 saturated carbocycles. The van der Waals surface area contributed by atoms with Crippen LogP contribution in [0.1, 0.15) is 10.4 Å². The van der Waals surface area contributed by atoms with Gasteiger partial charge in [0.1, 0.15) is 0 Å². The zero-order valence-electron chi connectivity index (χ0n) is 9.11. The Balaban J connectivity index is 2.31. The molecule has 0 aromatic carbocycles. The van der Waals surface area contributed by atoms with Gasteiger partial charge in [-0.25, -0.2) is 9.59 Å². The van der Waals surface area contributed by atoms with Crippen LogP contribution in [0, 0.1) is 0 Å². The standard InChI is InChI=1S/C12H8N2O4/c15-11(18-12(16)17)8-4-6-14-10(7-8)9-3-1-2-5-13-9/h1-7H,(H,16,17). The highest BCUT2D eigenvalue weighted by molar-refractivity contribution is 5.95. The van der Waals surface area contributed by atoms with Crippen molar-refractivity contribution in [3.63, 3.8) is 0 Å². The lowest BCUT2D eigenvalue weighted by Gasteiger charge is -2.02. The minimum Gasteiger partial charge on any atom is -0.449 e. The summed E-state index contributed by atoms with van der Waals surface area (Å²) in [6, 6.07) is 8.07. The van der Waals surface area contributed by atoms with Crippen molar-refractivity contribution in [2.45, 2.75) is 0 Å². The Labute approximate surface area is 102 Å². The van der Waals surface area contributed by atoms with E-state index in [1.54, 1.807) is 24.4 Å². The number of hydrogen-bond acceptors (Lipinski definition) is 5. The molecule has 0 unspecified atom stereocenters. The molecule has 2 aromatic heterocycles. The van der Waals surface area contributed by atoms with E-state index >= 15 is 0 Å². The molecule has 0 aliphatic carbocycles. The summed E-state index contributed by atoms with van der Waals surface area (Å²) in [5.74, 6) is -0.943. The van der Waals surface area contributed by atoms with Gasteiger partial charge in [-0.3, -0.25) is 9.97 Å². The molecule has 0 atom stereocenters. The van der Waals surface area contributed by atoms with Crippen LogP contribution in [0.2, 0.25) is 0 Å². The number of aromatic nitrogens is 2. The molecule has 2 rings (SSSR count). The Morgan fingerprint density at radius 1 is 1.06 bits per heavy atom. The largest absolute Gasteiger partial charge is 0.513 e. The molecular formula is C12H8N2O4. The molecule has 0 amide bonds. The number of pyridine rings is 2. The first kappa shape index (κ1) is 11.7. The number of nitrogens with zero attached hydrogens (tertiary/aromatic N) is 2. The minimum absolute atomic E-state index is 0.105. The second-order valence-corrected chi connectivity index (χ2v) is 3.30. The van der Waals surface area contributed by atoms with Crippen molar-refractivity contribution >= 4 is 12.1 Å². The van der Waals surface area contributed by atoms with Gasteiger partial charge >= 0.3 is 12.1 Å². The van der Waals surface area contributed by atoms with E-state index in [1.165, 1.54) is 18.3 Å². The number of ether oxygens (including phenoxy) is 1. The van der Waals surface area contributed by atoms with Crippen molar-refractivity contribution in [3.8, 4) is 11.4 Å². The van der Waals surface area contributed by atoms with Crippen LogP contribution in [0.4, 0.5) is 4.79 Å². The van der Waals surface area contributed by atoms with Crippen LogP contribution >= 0.6 is 0 Å². The molecule has 0 bridgehead atoms. The van der Waals surface area contributed by atoms with Crippen LogP contribution in [-0.4, -0.2) is 27.2 Å². The molecule has 0 fully saturated rings. The lowest BCUT2D eigenvalue weighted by Crippen LogP contribution is -2.10. The molecule has 18 heavy (non-hydrogen) atoms. The fourth-order valence-electron chi connectivity index (χ4n) is 1.35. The number of hydrogen-bond donors (Lipinski definition) is 1. The predicted octanol–water partition coefficient (Wildman–Crippen LogP) is 1.98. The second kappa shape index (κ2) is 5.05. The molecule has 6 nitrogen and oxygen atoms in total. The summed E-state index contributed by atoms with van der Waals surface area (Å²) in [4.78, 5) is 29.8. The van der Waals surface area contributed by atoms with Crippen molar-refractivity contribution in [3.05, 3.63) is 48.3 Å². The first-order valence-electron chi connectivity index (χ1n) is 4.99. The third kappa shape index (κ3) is 2.67. The Morgan fingerprint density at radius 2 is 1.83 bits per heavy atom. The van der Waals surface area contributed by atoms with E-state index < -0.39 is 12.1 Å². The second-order valence-electron chi connectivity index (χ2n) is 3.30. The highest BCUT2D eigenvalue weighted by Crippen LogP contribution is 2.15. The van der Waals surface area contributed by atoms with Gasteiger partial charge in [0.25, 0.3) is 0 Å². The number of rotatable bonds is 2. The van der Waals surface area contributed by atoms with Crippen LogP contribution in [-0.2, 0) is 4.74 Å². The van der Waals surface area contributed by atoms with Crippen LogP contribution in [0.25, 0.3) is 11.4 Å². The Bertz CT molecular complexity index is 584. The molecule has 6 heteroatoms. The third-order valence-electron chi connectivity index (χ3n) is 2.10. The molecule has 1 N–H and O–H groups in total. The molecular weight excluding hydrogens is 236 g/mol. The average molecular weight is 244 g/mol. The van der Waals surface area contributed by atoms with E-state index in [-0.39, 0.29) is 5.56 Å². The maximum absolute atomic E-state index is 11.4. The van der Waals surface area contributed by atoms with Crippen molar-refractivity contribution in [1.29, 1.82) is 0 Å². The highest BCUT2D eigenvalue weighted by Gasteiger charge is 2.13. The van der Waals surface area contributed by atoms with Gasteiger partial charge in [0.05, 0.1) is 17.0 Å². The zero-order valence-corrected chi connectivity index (χ0v) is 9.11. The molecule has 0 aliphatic heterocycles. The molecule has 0 spiro atoms. The minimum atomic E-state index is -1.64. The van der Waals surface area contributed by atoms with Crippen LogP contribution in [0.3, 0.4) is 0 Å². The summed E-state index contributed by atoms with van der Waals surface area (Å²) in [6.07, 6.45) is 1.35. The van der Waals surface area contributed by atoms with E-state index in [0.717, 1.165) is 0 Å². The van der Waals surface area contributed by atoms with Gasteiger partial charge in [-0.15, -0.1) is 0 Å². The smallest absolute Gasteiger partial charge is 0.449 e. The number of carbonyl (C=O) groups excluding carboxylic acids is 1. The van der Waals surface area contributed by atoms with Gasteiger partial charge in [0, 0.05) is 12.4 Å². The van der Waals surface area contributed by atoms with Gasteiger partial charge < -0.3 is 9.84 Å². The van der Waals surface area contributed by atoms with E-state index in [0.29, 0.717) is 11.4 Å². The van der Waals surface area contributed by atoms with E-state index in [1.807, 2.05) is 0 Å². The first-order valence-corrected chi connectivity index (χ1v) is 4.99. The summed E-state index contributed by atoms with van der Waals surface area (Å²) >= 11 is 0. The van der Waals surface area contributed by atoms with Gasteiger partial charge in [0.15, 0.2) is 0 Å². The van der Waals surface area contributed by atoms with Crippen LogP contribution < -0.4 is 0 Å². The number of esters is 1. The fourth-order valence-corrected chi connectivity index (χ4v) is 1.35. The number of carboxylic acid groups (broad SMARTS) is 1. The first-order chi connectivity index (χ1) is 8.66. The van der Waals surface area contributed by atoms with Gasteiger partial charge in [-0.2, -0.15) is 0 Å². The monoisotopic (exact) mass is 244 g/mol. The third-order valence-corrected chi connectivity index (χ3v) is 2.10. The Morgan fingerprint density at radius 3 is 2.50 bits per heavy atom. The SMILES string of the molecule is O=C(O)OC(=O)c1ccnc(-c2ccccn2)c1. The van der Waals surface area contributed by atoms with Gasteiger partial charge in [-0.1, -0.05) is 6.07 Å². The quantitative estimate of drug-likeness (QED) is 0.641. The van der Waals surface area contributed by atoms with Crippen molar-refractivity contribution < 1.29 is 19.4 Å². The lowest BCUT2D eigenvalue weighted by molar-refractivity contribution is 0.0509. The number of carbonyl (C=O) groups is 2. The van der Waals surface area contributed by atoms with Gasteiger partial charge in [-0.05, 0) is 24.3 Å². The maximum atomic E-state index is 11.4. The summed E-state index contributed by atoms with van der Waals surface area (Å²) in [5, 5.41) is 8.36. The lowest BCUT2D eigenvalue weighted by atomic mass is 10.2. The van der Waals surface area contributed by atoms with Gasteiger partial charge in [0.2, 0.25) is 0 Å². The van der Waals surface area contributed by atoms with E-state index in [9.17, 15) is 9.59 Å². The fraction of sp³-hybridized carbons (Fsp3) is 0. The highest BCUT2D eigenvalue weighted by atomic mass is 16.7. The van der Waals surface area contributed by atoms with Crippen LogP contribution in [0.15, 0.2) is 42.7 Å². The van der Waals surface area contributed by atoms with Crippen molar-refractivity contribution in [1.82, 2.24) is 9.97 Å². The van der Waals surface area contributed by atoms with E-state index in [2.05, 4.69) is 14.7 Å². The zero-order chi connectivity index (χ0) is 13.0. The van der Waals surface area contributed by atoms with Crippen LogP contribution in [0.5, 0.6) is 0 Å². The maximum Gasteiger partial charge on any atom is 0.513 e. The summed E-state index contributed by atoms with van der Waals surface area (Å²) < 4.78 is 4.06. The molecule has 2 heterocycles. The normalized spacial score (nSPS) is 9.78. The Hall–Kier alpha value is -2.76. The summed E-state index contributed by atoms with van der Waals surface area (Å²) in [6.45, 7) is 0. The topological polar surface area (TPSA) is 89.4 Å². The molecule has 0 radical (unpaired) electrons. The van der Waals surface area contributed by atoms with E-state index in [4.69, 9.17) is 5.11 Å². The average Bonchev–Trinajstić information content (AvgIpc) is 2.39. The molecule has 90 valence electrons. The van der Waals surface area contributed by atoms with Crippen molar-refractivity contribution in [2.75, 3.05) is 0 Å².